The SMILES string of the molecule is COC(CC1N=C(C)OC1O)c1cc(C(F)(F)F)cc(C(F)(F)F)c1. The van der Waals surface area contributed by atoms with E-state index in [1.807, 2.05) is 0 Å². The summed E-state index contributed by atoms with van der Waals surface area (Å²) in [5.41, 5.74) is -3.17. The normalized spacial score (nSPS) is 22.5. The van der Waals surface area contributed by atoms with Crippen LogP contribution in [0.15, 0.2) is 23.2 Å². The lowest BCUT2D eigenvalue weighted by Gasteiger charge is -2.22. The first kappa shape index (κ1) is 19.5. The van der Waals surface area contributed by atoms with Crippen LogP contribution in [-0.4, -0.2) is 30.4 Å². The van der Waals surface area contributed by atoms with Gasteiger partial charge in [-0.3, -0.25) is 0 Å². The zero-order valence-corrected chi connectivity index (χ0v) is 13.1. The number of hydrogen-bond acceptors (Lipinski definition) is 4. The molecule has 1 aliphatic rings. The topological polar surface area (TPSA) is 51.0 Å². The minimum Gasteiger partial charge on any atom is -0.450 e. The molecule has 0 aromatic heterocycles. The number of benzene rings is 1. The number of alkyl halides is 6. The van der Waals surface area contributed by atoms with Crippen LogP contribution in [0.3, 0.4) is 0 Å². The molecule has 0 fully saturated rings. The molecule has 1 N–H and O–H groups in total. The van der Waals surface area contributed by atoms with E-state index in [-0.39, 0.29) is 23.9 Å². The van der Waals surface area contributed by atoms with Gasteiger partial charge in [0, 0.05) is 20.5 Å². The van der Waals surface area contributed by atoms with Gasteiger partial charge in [0.15, 0.2) is 5.90 Å². The zero-order chi connectivity index (χ0) is 19.0. The summed E-state index contributed by atoms with van der Waals surface area (Å²) in [5, 5.41) is 9.67. The predicted molar refractivity (Wildman–Crippen MR) is 74.8 cm³/mol. The van der Waals surface area contributed by atoms with Crippen molar-refractivity contribution in [2.45, 2.75) is 44.1 Å². The molecule has 0 saturated heterocycles. The van der Waals surface area contributed by atoms with Crippen molar-refractivity contribution in [3.63, 3.8) is 0 Å². The largest absolute Gasteiger partial charge is 0.450 e. The van der Waals surface area contributed by atoms with Crippen molar-refractivity contribution in [2.75, 3.05) is 7.11 Å². The molecule has 3 atom stereocenters. The van der Waals surface area contributed by atoms with Crippen LogP contribution >= 0.6 is 0 Å². The molecule has 1 aromatic carbocycles. The summed E-state index contributed by atoms with van der Waals surface area (Å²) in [4.78, 5) is 3.95. The van der Waals surface area contributed by atoms with Gasteiger partial charge in [-0.25, -0.2) is 4.99 Å². The molecular weight excluding hydrogens is 356 g/mol. The molecule has 2 rings (SSSR count). The van der Waals surface area contributed by atoms with Crippen LogP contribution in [0.1, 0.15) is 36.1 Å². The molecule has 1 heterocycles. The van der Waals surface area contributed by atoms with E-state index in [0.717, 1.165) is 7.11 Å². The van der Waals surface area contributed by atoms with Gasteiger partial charge >= 0.3 is 12.4 Å². The van der Waals surface area contributed by atoms with Crippen LogP contribution in [0, 0.1) is 0 Å². The molecule has 1 aromatic rings. The average molecular weight is 371 g/mol. The number of aliphatic hydroxyl groups excluding tert-OH is 1. The number of aliphatic imine (C=N–C) groups is 1. The third-order valence-corrected chi connectivity index (χ3v) is 3.69. The molecule has 4 nitrogen and oxygen atoms in total. The predicted octanol–water partition coefficient (Wildman–Crippen LogP) is 3.94. The molecule has 3 unspecified atom stereocenters. The van der Waals surface area contributed by atoms with Gasteiger partial charge < -0.3 is 14.6 Å². The molecule has 0 spiro atoms. The van der Waals surface area contributed by atoms with Crippen molar-refractivity contribution in [3.05, 3.63) is 34.9 Å². The molecule has 0 bridgehead atoms. The van der Waals surface area contributed by atoms with Gasteiger partial charge in [-0.2, -0.15) is 26.3 Å². The number of halogens is 6. The van der Waals surface area contributed by atoms with Crippen LogP contribution in [0.4, 0.5) is 26.3 Å². The Hall–Kier alpha value is -1.81. The van der Waals surface area contributed by atoms with E-state index in [0.29, 0.717) is 12.1 Å². The van der Waals surface area contributed by atoms with E-state index in [1.54, 1.807) is 0 Å². The summed E-state index contributed by atoms with van der Waals surface area (Å²) in [6.45, 7) is 1.47. The number of rotatable bonds is 4. The molecular formula is C15H15F6NO3. The Kier molecular flexibility index (Phi) is 5.33. The first-order valence-electron chi connectivity index (χ1n) is 7.13. The lowest BCUT2D eigenvalue weighted by Crippen LogP contribution is -2.24. The number of aliphatic hydroxyl groups is 1. The average Bonchev–Trinajstić information content (AvgIpc) is 2.80. The van der Waals surface area contributed by atoms with Gasteiger partial charge in [0.25, 0.3) is 0 Å². The minimum absolute atomic E-state index is 0.0477. The van der Waals surface area contributed by atoms with Gasteiger partial charge in [0.05, 0.1) is 17.2 Å². The highest BCUT2D eigenvalue weighted by molar-refractivity contribution is 5.75. The second kappa shape index (κ2) is 6.83. The van der Waals surface area contributed by atoms with Crippen molar-refractivity contribution in [1.29, 1.82) is 0 Å². The van der Waals surface area contributed by atoms with Crippen molar-refractivity contribution in [2.24, 2.45) is 4.99 Å². The molecule has 0 aliphatic carbocycles. The van der Waals surface area contributed by atoms with Gasteiger partial charge in [-0.1, -0.05) is 0 Å². The second-order valence-corrected chi connectivity index (χ2v) is 5.52. The van der Waals surface area contributed by atoms with Gasteiger partial charge in [-0.05, 0) is 23.8 Å². The Morgan fingerprint density at radius 3 is 2.00 bits per heavy atom. The van der Waals surface area contributed by atoms with Crippen LogP contribution in [0.25, 0.3) is 0 Å². The Bertz CT molecular complexity index is 623. The van der Waals surface area contributed by atoms with Crippen molar-refractivity contribution in [1.82, 2.24) is 0 Å². The van der Waals surface area contributed by atoms with Gasteiger partial charge in [0.1, 0.15) is 6.04 Å². The van der Waals surface area contributed by atoms with Crippen LogP contribution in [0.2, 0.25) is 0 Å². The Balaban J connectivity index is 2.40. The third kappa shape index (κ3) is 4.63. The van der Waals surface area contributed by atoms with E-state index >= 15 is 0 Å². The number of hydrogen-bond donors (Lipinski definition) is 1. The fourth-order valence-corrected chi connectivity index (χ4v) is 2.50. The molecule has 0 amide bonds. The fourth-order valence-electron chi connectivity index (χ4n) is 2.50. The summed E-state index contributed by atoms with van der Waals surface area (Å²) in [5.74, 6) is 0.173. The van der Waals surface area contributed by atoms with Crippen molar-refractivity contribution < 1.29 is 40.9 Å². The Morgan fingerprint density at radius 1 is 1.12 bits per heavy atom. The van der Waals surface area contributed by atoms with E-state index in [1.165, 1.54) is 6.92 Å². The number of nitrogens with zero attached hydrogens (tertiary/aromatic N) is 1. The lowest BCUT2D eigenvalue weighted by molar-refractivity contribution is -0.143. The highest BCUT2D eigenvalue weighted by atomic mass is 19.4. The highest BCUT2D eigenvalue weighted by Crippen LogP contribution is 2.39. The summed E-state index contributed by atoms with van der Waals surface area (Å²) in [6.07, 6.45) is -12.5. The standard InChI is InChI=1S/C15H15F6NO3/c1-7-22-11(13(23)25-7)6-12(24-2)8-3-9(14(16,17)18)5-10(4-8)15(19,20)21/h3-5,11-13,23H,6H2,1-2H3. The molecule has 0 radical (unpaired) electrons. The summed E-state index contributed by atoms with van der Waals surface area (Å²) in [6, 6.07) is 0.393. The fraction of sp³-hybridized carbons (Fsp3) is 0.533. The van der Waals surface area contributed by atoms with Gasteiger partial charge in [0.2, 0.25) is 6.29 Å². The summed E-state index contributed by atoms with van der Waals surface area (Å²) >= 11 is 0. The Labute approximate surface area is 139 Å². The number of methoxy groups -OCH3 is 1. The maximum absolute atomic E-state index is 12.9. The van der Waals surface area contributed by atoms with Crippen LogP contribution in [-0.2, 0) is 21.8 Å². The molecule has 0 saturated carbocycles. The van der Waals surface area contributed by atoms with E-state index in [4.69, 9.17) is 9.47 Å². The molecule has 25 heavy (non-hydrogen) atoms. The molecule has 10 heteroatoms. The van der Waals surface area contributed by atoms with Crippen LogP contribution < -0.4 is 0 Å². The zero-order valence-electron chi connectivity index (χ0n) is 13.1. The van der Waals surface area contributed by atoms with E-state index < -0.39 is 41.9 Å². The second-order valence-electron chi connectivity index (χ2n) is 5.52. The van der Waals surface area contributed by atoms with Crippen molar-refractivity contribution >= 4 is 5.90 Å². The molecule has 140 valence electrons. The summed E-state index contributed by atoms with van der Waals surface area (Å²) < 4.78 is 87.5. The van der Waals surface area contributed by atoms with E-state index in [2.05, 4.69) is 4.99 Å². The minimum atomic E-state index is -4.95. The first-order chi connectivity index (χ1) is 11.4. The Morgan fingerprint density at radius 2 is 1.64 bits per heavy atom. The maximum Gasteiger partial charge on any atom is 0.416 e. The lowest BCUT2D eigenvalue weighted by atomic mass is 9.97. The van der Waals surface area contributed by atoms with Crippen LogP contribution in [0.5, 0.6) is 0 Å². The van der Waals surface area contributed by atoms with E-state index in [9.17, 15) is 31.4 Å². The molecule has 1 aliphatic heterocycles. The highest BCUT2D eigenvalue weighted by Gasteiger charge is 2.38. The van der Waals surface area contributed by atoms with Crippen molar-refractivity contribution in [3.8, 4) is 0 Å². The first-order valence-corrected chi connectivity index (χ1v) is 7.13. The quantitative estimate of drug-likeness (QED) is 0.816. The maximum atomic E-state index is 12.9. The smallest absolute Gasteiger partial charge is 0.416 e. The monoisotopic (exact) mass is 371 g/mol. The van der Waals surface area contributed by atoms with Gasteiger partial charge in [-0.15, -0.1) is 0 Å². The number of ether oxygens (including phenoxy) is 2. The third-order valence-electron chi connectivity index (χ3n) is 3.69. The summed E-state index contributed by atoms with van der Waals surface area (Å²) in [7, 11) is 1.15.